The van der Waals surface area contributed by atoms with E-state index in [-0.39, 0.29) is 0 Å². The maximum absolute atomic E-state index is 5.30. The van der Waals surface area contributed by atoms with E-state index in [0.717, 1.165) is 27.9 Å². The summed E-state index contributed by atoms with van der Waals surface area (Å²) in [5, 5.41) is 0. The summed E-state index contributed by atoms with van der Waals surface area (Å²) in [7, 11) is 0. The minimum absolute atomic E-state index is 0.766. The van der Waals surface area contributed by atoms with Crippen LogP contribution in [-0.2, 0) is 6.54 Å². The third-order valence-electron chi connectivity index (χ3n) is 2.45. The molecule has 0 bridgehead atoms. The molecule has 0 saturated carbocycles. The fourth-order valence-electron chi connectivity index (χ4n) is 1.75. The van der Waals surface area contributed by atoms with Crippen LogP contribution in [0.5, 0.6) is 0 Å². The van der Waals surface area contributed by atoms with Crippen LogP contribution in [0.1, 0.15) is 12.5 Å². The summed E-state index contributed by atoms with van der Waals surface area (Å²) in [6, 6.07) is 6.21. The molecule has 15 heavy (non-hydrogen) atoms. The Balaban J connectivity index is 2.74. The quantitative estimate of drug-likeness (QED) is 0.603. The van der Waals surface area contributed by atoms with E-state index in [1.165, 1.54) is 5.56 Å². The van der Waals surface area contributed by atoms with Gasteiger partial charge in [0, 0.05) is 6.54 Å². The van der Waals surface area contributed by atoms with Crippen molar-refractivity contribution in [2.75, 3.05) is 0 Å². The lowest BCUT2D eigenvalue weighted by Gasteiger charge is -2.03. The molecule has 0 amide bonds. The molecule has 2 rings (SSSR count). The van der Waals surface area contributed by atoms with Crippen molar-refractivity contribution in [1.82, 2.24) is 9.55 Å². The van der Waals surface area contributed by atoms with E-state index >= 15 is 0 Å². The molecule has 1 aromatic heterocycles. The van der Waals surface area contributed by atoms with Gasteiger partial charge in [0.25, 0.3) is 0 Å². The number of aromatic nitrogens is 2. The fourth-order valence-corrected chi connectivity index (χ4v) is 2.02. The van der Waals surface area contributed by atoms with E-state index in [0.29, 0.717) is 0 Å². The lowest BCUT2D eigenvalue weighted by molar-refractivity contribution is 0.798. The molecule has 0 saturated heterocycles. The molecule has 0 radical (unpaired) electrons. The number of allylic oxidation sites excluding steroid dienone is 1. The number of para-hydroxylation sites is 1. The number of benzene rings is 1. The number of aryl methyl sites for hydroxylation is 1. The smallest absolute Gasteiger partial charge is 0.178 e. The summed E-state index contributed by atoms with van der Waals surface area (Å²) < 4.78 is 2.85. The first-order valence-corrected chi connectivity index (χ1v) is 5.33. The first-order valence-electron chi connectivity index (χ1n) is 4.92. The molecule has 0 fully saturated rings. The van der Waals surface area contributed by atoms with Crippen LogP contribution >= 0.6 is 12.2 Å². The van der Waals surface area contributed by atoms with Crippen molar-refractivity contribution in [2.45, 2.75) is 20.4 Å². The summed E-state index contributed by atoms with van der Waals surface area (Å²) in [5.74, 6) is 0. The van der Waals surface area contributed by atoms with Crippen LogP contribution in [-0.4, -0.2) is 9.55 Å². The SMILES string of the molecule is C=C(C)Cn1c(=S)[nH]c2c(C)cccc21. The van der Waals surface area contributed by atoms with Gasteiger partial charge in [0.15, 0.2) is 4.77 Å². The van der Waals surface area contributed by atoms with Crippen molar-refractivity contribution in [3.63, 3.8) is 0 Å². The highest BCUT2D eigenvalue weighted by atomic mass is 32.1. The molecule has 1 N–H and O–H groups in total. The Labute approximate surface area is 94.2 Å². The van der Waals surface area contributed by atoms with E-state index in [2.05, 4.69) is 41.3 Å². The number of rotatable bonds is 2. The predicted molar refractivity (Wildman–Crippen MR) is 66.7 cm³/mol. The summed E-state index contributed by atoms with van der Waals surface area (Å²) in [5.41, 5.74) is 4.61. The highest BCUT2D eigenvalue weighted by molar-refractivity contribution is 7.71. The minimum atomic E-state index is 0.766. The predicted octanol–water partition coefficient (Wildman–Crippen LogP) is 3.58. The van der Waals surface area contributed by atoms with E-state index in [9.17, 15) is 0 Å². The van der Waals surface area contributed by atoms with Gasteiger partial charge in [-0.25, -0.2) is 0 Å². The number of hydrogen-bond donors (Lipinski definition) is 1. The highest BCUT2D eigenvalue weighted by Gasteiger charge is 2.05. The van der Waals surface area contributed by atoms with Crippen LogP contribution in [0.15, 0.2) is 30.4 Å². The van der Waals surface area contributed by atoms with E-state index < -0.39 is 0 Å². The van der Waals surface area contributed by atoms with Crippen molar-refractivity contribution in [3.05, 3.63) is 40.7 Å². The number of nitrogens with zero attached hydrogens (tertiary/aromatic N) is 1. The zero-order valence-corrected chi connectivity index (χ0v) is 9.82. The molecular formula is C12H14N2S. The number of fused-ring (bicyclic) bond motifs is 1. The van der Waals surface area contributed by atoms with Gasteiger partial charge in [0.05, 0.1) is 11.0 Å². The normalized spacial score (nSPS) is 10.8. The van der Waals surface area contributed by atoms with Gasteiger partial charge in [0.1, 0.15) is 0 Å². The van der Waals surface area contributed by atoms with Crippen molar-refractivity contribution in [2.24, 2.45) is 0 Å². The number of hydrogen-bond acceptors (Lipinski definition) is 1. The molecule has 0 aliphatic carbocycles. The lowest BCUT2D eigenvalue weighted by atomic mass is 10.2. The summed E-state index contributed by atoms with van der Waals surface area (Å²) in [4.78, 5) is 3.24. The maximum atomic E-state index is 5.30. The molecule has 1 aromatic carbocycles. The first kappa shape index (κ1) is 10.2. The average molecular weight is 218 g/mol. The third kappa shape index (κ3) is 1.75. The van der Waals surface area contributed by atoms with E-state index in [1.807, 2.05) is 6.92 Å². The second kappa shape index (κ2) is 3.66. The van der Waals surface area contributed by atoms with Crippen molar-refractivity contribution >= 4 is 23.3 Å². The van der Waals surface area contributed by atoms with Gasteiger partial charge >= 0.3 is 0 Å². The van der Waals surface area contributed by atoms with Crippen LogP contribution < -0.4 is 0 Å². The average Bonchev–Trinajstić information content (AvgIpc) is 2.45. The van der Waals surface area contributed by atoms with Crippen molar-refractivity contribution in [3.8, 4) is 0 Å². The molecule has 0 aliphatic rings. The fraction of sp³-hybridized carbons (Fsp3) is 0.250. The van der Waals surface area contributed by atoms with Gasteiger partial charge in [-0.2, -0.15) is 0 Å². The summed E-state index contributed by atoms with van der Waals surface area (Å²) >= 11 is 5.30. The van der Waals surface area contributed by atoms with Crippen molar-refractivity contribution < 1.29 is 0 Å². The van der Waals surface area contributed by atoms with Gasteiger partial charge in [-0.3, -0.25) is 0 Å². The second-order valence-electron chi connectivity index (χ2n) is 3.94. The van der Waals surface area contributed by atoms with Crippen LogP contribution in [0.25, 0.3) is 11.0 Å². The van der Waals surface area contributed by atoms with Crippen LogP contribution in [0.4, 0.5) is 0 Å². The Kier molecular flexibility index (Phi) is 2.49. The third-order valence-corrected chi connectivity index (χ3v) is 2.77. The molecule has 0 unspecified atom stereocenters. The molecule has 0 aliphatic heterocycles. The molecule has 0 spiro atoms. The second-order valence-corrected chi connectivity index (χ2v) is 4.33. The molecular weight excluding hydrogens is 204 g/mol. The van der Waals surface area contributed by atoms with Crippen LogP contribution in [0.2, 0.25) is 0 Å². The maximum Gasteiger partial charge on any atom is 0.178 e. The monoisotopic (exact) mass is 218 g/mol. The topological polar surface area (TPSA) is 20.7 Å². The number of nitrogens with one attached hydrogen (secondary N) is 1. The Morgan fingerprint density at radius 2 is 2.27 bits per heavy atom. The summed E-state index contributed by atoms with van der Waals surface area (Å²) in [6.07, 6.45) is 0. The molecule has 1 heterocycles. The first-order chi connectivity index (χ1) is 7.09. The molecule has 0 atom stereocenters. The largest absolute Gasteiger partial charge is 0.330 e. The molecule has 2 nitrogen and oxygen atoms in total. The number of imidazole rings is 1. The van der Waals surface area contributed by atoms with Crippen molar-refractivity contribution in [1.29, 1.82) is 0 Å². The number of H-pyrrole nitrogens is 1. The number of aromatic amines is 1. The Hall–Kier alpha value is -1.35. The van der Waals surface area contributed by atoms with Gasteiger partial charge in [0.2, 0.25) is 0 Å². The summed E-state index contributed by atoms with van der Waals surface area (Å²) in [6.45, 7) is 8.79. The van der Waals surface area contributed by atoms with Crippen LogP contribution in [0.3, 0.4) is 0 Å². The highest BCUT2D eigenvalue weighted by Crippen LogP contribution is 2.18. The van der Waals surface area contributed by atoms with E-state index in [4.69, 9.17) is 12.2 Å². The zero-order chi connectivity index (χ0) is 11.0. The Morgan fingerprint density at radius 1 is 1.53 bits per heavy atom. The van der Waals surface area contributed by atoms with Crippen LogP contribution in [0, 0.1) is 11.7 Å². The van der Waals surface area contributed by atoms with Gasteiger partial charge < -0.3 is 9.55 Å². The van der Waals surface area contributed by atoms with Gasteiger partial charge in [-0.15, -0.1) is 0 Å². The Morgan fingerprint density at radius 3 is 2.93 bits per heavy atom. The minimum Gasteiger partial charge on any atom is -0.330 e. The lowest BCUT2D eigenvalue weighted by Crippen LogP contribution is -1.97. The molecule has 78 valence electrons. The van der Waals surface area contributed by atoms with E-state index in [1.54, 1.807) is 0 Å². The standard InChI is InChI=1S/C12H14N2S/c1-8(2)7-14-10-6-4-5-9(3)11(10)13-12(14)15/h4-6H,1,7H2,2-3H3,(H,13,15). The Bertz CT molecular complexity index is 575. The van der Waals surface area contributed by atoms with Gasteiger partial charge in [-0.1, -0.05) is 24.3 Å². The molecule has 2 aromatic rings. The molecule has 3 heteroatoms. The zero-order valence-electron chi connectivity index (χ0n) is 9.00. The van der Waals surface area contributed by atoms with Gasteiger partial charge in [-0.05, 0) is 37.7 Å².